The number of aryl methyl sites for hydroxylation is 1. The number of hydrogen-bond acceptors (Lipinski definition) is 3. The van der Waals surface area contributed by atoms with Gasteiger partial charge in [0.2, 0.25) is 0 Å². The maximum Gasteiger partial charge on any atom is 0.260 e. The molecule has 104 valence electrons. The summed E-state index contributed by atoms with van der Waals surface area (Å²) in [7, 11) is 0. The van der Waals surface area contributed by atoms with E-state index in [1.54, 1.807) is 0 Å². The lowest BCUT2D eigenvalue weighted by Gasteiger charge is -2.17. The molecule has 2 N–H and O–H groups in total. The van der Waals surface area contributed by atoms with E-state index in [1.807, 2.05) is 36.9 Å². The van der Waals surface area contributed by atoms with Crippen molar-refractivity contribution in [2.45, 2.75) is 32.7 Å². The second-order valence-electron chi connectivity index (χ2n) is 5.19. The zero-order valence-electron chi connectivity index (χ0n) is 11.7. The predicted octanol–water partition coefficient (Wildman–Crippen LogP) is 2.02. The van der Waals surface area contributed by atoms with Gasteiger partial charge in [0.25, 0.3) is 5.91 Å². The Morgan fingerprint density at radius 2 is 2.11 bits per heavy atom. The number of likely N-dealkylation sites (tertiary alicyclic amines) is 1. The molecule has 1 amide bonds. The Labute approximate surface area is 114 Å². The normalized spacial score (nSPS) is 16.5. The van der Waals surface area contributed by atoms with Crippen molar-refractivity contribution in [3.05, 3.63) is 29.3 Å². The summed E-state index contributed by atoms with van der Waals surface area (Å²) in [5, 5.41) is 0. The summed E-state index contributed by atoms with van der Waals surface area (Å²) in [5.41, 5.74) is 7.93. The van der Waals surface area contributed by atoms with Crippen molar-refractivity contribution in [3.8, 4) is 5.75 Å². The Morgan fingerprint density at radius 3 is 2.68 bits per heavy atom. The second kappa shape index (κ2) is 6.06. The number of rotatable bonds is 4. The Balaban J connectivity index is 1.94. The fourth-order valence-corrected chi connectivity index (χ4v) is 2.32. The van der Waals surface area contributed by atoms with E-state index in [0.29, 0.717) is 0 Å². The summed E-state index contributed by atoms with van der Waals surface area (Å²) in [5.74, 6) is 0.838. The topological polar surface area (TPSA) is 55.6 Å². The number of carbonyl (C=O) groups is 1. The molecule has 2 rings (SSSR count). The number of hydrogen-bond donors (Lipinski definition) is 1. The molecule has 0 radical (unpaired) electrons. The molecule has 0 spiro atoms. The molecule has 1 saturated heterocycles. The monoisotopic (exact) mass is 262 g/mol. The Morgan fingerprint density at radius 1 is 1.42 bits per heavy atom. The van der Waals surface area contributed by atoms with E-state index < -0.39 is 0 Å². The van der Waals surface area contributed by atoms with Crippen molar-refractivity contribution in [3.63, 3.8) is 0 Å². The van der Waals surface area contributed by atoms with Gasteiger partial charge in [-0.25, -0.2) is 0 Å². The van der Waals surface area contributed by atoms with Gasteiger partial charge in [0.1, 0.15) is 5.75 Å². The van der Waals surface area contributed by atoms with Crippen LogP contribution in [0.3, 0.4) is 0 Å². The zero-order chi connectivity index (χ0) is 13.8. The van der Waals surface area contributed by atoms with Crippen LogP contribution in [0.25, 0.3) is 0 Å². The van der Waals surface area contributed by atoms with Gasteiger partial charge in [0.15, 0.2) is 6.61 Å². The molecule has 0 aliphatic carbocycles. The average Bonchev–Trinajstić information content (AvgIpc) is 2.90. The van der Waals surface area contributed by atoms with E-state index in [2.05, 4.69) is 0 Å². The molecule has 1 aromatic carbocycles. The Bertz CT molecular complexity index is 451. The third-order valence-corrected chi connectivity index (χ3v) is 3.53. The van der Waals surface area contributed by atoms with Gasteiger partial charge in [0.05, 0.1) is 0 Å². The molecule has 0 aromatic heterocycles. The molecule has 1 aromatic rings. The number of amides is 1. The zero-order valence-corrected chi connectivity index (χ0v) is 11.7. The summed E-state index contributed by atoms with van der Waals surface area (Å²) >= 11 is 0. The standard InChI is InChI=1S/C15H22N2O2/c1-11-9-13(12(2)16)5-6-14(11)19-10-15(18)17-7-3-4-8-17/h5-6,9,12H,3-4,7-8,10,16H2,1-2H3. The van der Waals surface area contributed by atoms with E-state index >= 15 is 0 Å². The number of nitrogens with zero attached hydrogens (tertiary/aromatic N) is 1. The largest absolute Gasteiger partial charge is 0.484 e. The molecule has 1 aliphatic heterocycles. The highest BCUT2D eigenvalue weighted by atomic mass is 16.5. The lowest BCUT2D eigenvalue weighted by atomic mass is 10.1. The minimum absolute atomic E-state index is 0.0129. The third kappa shape index (κ3) is 3.47. The molecule has 0 saturated carbocycles. The van der Waals surface area contributed by atoms with Crippen LogP contribution in [-0.2, 0) is 4.79 Å². The maximum atomic E-state index is 11.9. The lowest BCUT2D eigenvalue weighted by molar-refractivity contribution is -0.132. The number of benzene rings is 1. The summed E-state index contributed by atoms with van der Waals surface area (Å²) in [6.07, 6.45) is 2.21. The van der Waals surface area contributed by atoms with E-state index in [-0.39, 0.29) is 18.6 Å². The van der Waals surface area contributed by atoms with Crippen LogP contribution in [0.4, 0.5) is 0 Å². The van der Waals surface area contributed by atoms with Crippen molar-refractivity contribution >= 4 is 5.91 Å². The molecule has 1 atom stereocenters. The number of nitrogens with two attached hydrogens (primary N) is 1. The molecule has 19 heavy (non-hydrogen) atoms. The Hall–Kier alpha value is -1.55. The molecular formula is C15H22N2O2. The van der Waals surface area contributed by atoms with Gasteiger partial charge in [0, 0.05) is 19.1 Å². The predicted molar refractivity (Wildman–Crippen MR) is 75.1 cm³/mol. The van der Waals surface area contributed by atoms with Crippen LogP contribution < -0.4 is 10.5 Å². The molecule has 4 nitrogen and oxygen atoms in total. The first-order valence-corrected chi connectivity index (χ1v) is 6.84. The van der Waals surface area contributed by atoms with Crippen LogP contribution in [0.2, 0.25) is 0 Å². The molecule has 4 heteroatoms. The van der Waals surface area contributed by atoms with Gasteiger partial charge >= 0.3 is 0 Å². The van der Waals surface area contributed by atoms with E-state index in [9.17, 15) is 4.79 Å². The fourth-order valence-electron chi connectivity index (χ4n) is 2.32. The van der Waals surface area contributed by atoms with Crippen LogP contribution in [-0.4, -0.2) is 30.5 Å². The van der Waals surface area contributed by atoms with Crippen LogP contribution in [0, 0.1) is 6.92 Å². The molecule has 0 bridgehead atoms. The first-order valence-electron chi connectivity index (χ1n) is 6.84. The maximum absolute atomic E-state index is 11.9. The van der Waals surface area contributed by atoms with Crippen LogP contribution >= 0.6 is 0 Å². The summed E-state index contributed by atoms with van der Waals surface area (Å²) < 4.78 is 5.61. The van der Waals surface area contributed by atoms with E-state index in [0.717, 1.165) is 42.8 Å². The smallest absolute Gasteiger partial charge is 0.260 e. The lowest BCUT2D eigenvalue weighted by Crippen LogP contribution is -2.32. The Kier molecular flexibility index (Phi) is 4.43. The van der Waals surface area contributed by atoms with Crippen molar-refractivity contribution < 1.29 is 9.53 Å². The van der Waals surface area contributed by atoms with Gasteiger partial charge in [-0.1, -0.05) is 12.1 Å². The second-order valence-corrected chi connectivity index (χ2v) is 5.19. The van der Waals surface area contributed by atoms with Gasteiger partial charge in [-0.15, -0.1) is 0 Å². The summed E-state index contributed by atoms with van der Waals surface area (Å²) in [6.45, 7) is 5.78. The minimum atomic E-state index is 0.0129. The van der Waals surface area contributed by atoms with E-state index in [4.69, 9.17) is 10.5 Å². The molecule has 1 aliphatic rings. The van der Waals surface area contributed by atoms with Gasteiger partial charge in [-0.3, -0.25) is 4.79 Å². The van der Waals surface area contributed by atoms with Gasteiger partial charge < -0.3 is 15.4 Å². The average molecular weight is 262 g/mol. The van der Waals surface area contributed by atoms with Crippen LogP contribution in [0.5, 0.6) is 5.75 Å². The van der Waals surface area contributed by atoms with Crippen molar-refractivity contribution in [1.29, 1.82) is 0 Å². The van der Waals surface area contributed by atoms with Crippen molar-refractivity contribution in [1.82, 2.24) is 4.90 Å². The van der Waals surface area contributed by atoms with Crippen LogP contribution in [0.15, 0.2) is 18.2 Å². The SMILES string of the molecule is Cc1cc(C(C)N)ccc1OCC(=O)N1CCCC1. The van der Waals surface area contributed by atoms with Crippen molar-refractivity contribution in [2.75, 3.05) is 19.7 Å². The highest BCUT2D eigenvalue weighted by Crippen LogP contribution is 2.22. The molecular weight excluding hydrogens is 240 g/mol. The first-order chi connectivity index (χ1) is 9.08. The summed E-state index contributed by atoms with van der Waals surface area (Å²) in [6, 6.07) is 5.87. The van der Waals surface area contributed by atoms with Gasteiger partial charge in [-0.05, 0) is 43.9 Å². The fraction of sp³-hybridized carbons (Fsp3) is 0.533. The molecule has 1 unspecified atom stereocenters. The molecule has 1 heterocycles. The summed E-state index contributed by atoms with van der Waals surface area (Å²) in [4.78, 5) is 13.8. The van der Waals surface area contributed by atoms with Crippen LogP contribution in [0.1, 0.15) is 36.9 Å². The molecule has 1 fully saturated rings. The highest BCUT2D eigenvalue weighted by molar-refractivity contribution is 5.78. The van der Waals surface area contributed by atoms with Gasteiger partial charge in [-0.2, -0.15) is 0 Å². The third-order valence-electron chi connectivity index (χ3n) is 3.53. The quantitative estimate of drug-likeness (QED) is 0.903. The number of ether oxygens (including phenoxy) is 1. The first kappa shape index (κ1) is 13.9. The highest BCUT2D eigenvalue weighted by Gasteiger charge is 2.18. The van der Waals surface area contributed by atoms with E-state index in [1.165, 1.54) is 0 Å². The minimum Gasteiger partial charge on any atom is -0.484 e. The number of carbonyl (C=O) groups excluding carboxylic acids is 1. The van der Waals surface area contributed by atoms with Crippen molar-refractivity contribution in [2.24, 2.45) is 5.73 Å².